The highest BCUT2D eigenvalue weighted by molar-refractivity contribution is 6.32. The smallest absolute Gasteiger partial charge is 0.305 e. The molecule has 0 N–H and O–H groups in total. The SMILES string of the molecule is N#Cc1nc(Oc2ccc(F)cc2Cl)ccc1[N+](=O)[O-]. The summed E-state index contributed by atoms with van der Waals surface area (Å²) in [5.74, 6) is -0.462. The molecule has 0 aliphatic heterocycles. The summed E-state index contributed by atoms with van der Waals surface area (Å²) in [5, 5.41) is 19.5. The normalized spacial score (nSPS) is 9.85. The summed E-state index contributed by atoms with van der Waals surface area (Å²) >= 11 is 5.77. The molecule has 0 spiro atoms. The monoisotopic (exact) mass is 293 g/mol. The van der Waals surface area contributed by atoms with Crippen molar-refractivity contribution in [3.05, 3.63) is 57.0 Å². The maximum atomic E-state index is 12.9. The second-order valence-electron chi connectivity index (χ2n) is 3.56. The second kappa shape index (κ2) is 5.50. The zero-order valence-electron chi connectivity index (χ0n) is 9.71. The number of rotatable bonds is 3. The third-order valence-electron chi connectivity index (χ3n) is 2.26. The Kier molecular flexibility index (Phi) is 3.77. The molecule has 8 heteroatoms. The van der Waals surface area contributed by atoms with E-state index in [1.165, 1.54) is 12.1 Å². The van der Waals surface area contributed by atoms with Crippen molar-refractivity contribution in [3.63, 3.8) is 0 Å². The third kappa shape index (κ3) is 2.81. The Morgan fingerprint density at radius 3 is 2.75 bits per heavy atom. The Labute approximate surface area is 117 Å². The highest BCUT2D eigenvalue weighted by atomic mass is 35.5. The average Bonchev–Trinajstić information content (AvgIpc) is 2.41. The second-order valence-corrected chi connectivity index (χ2v) is 3.97. The summed E-state index contributed by atoms with van der Waals surface area (Å²) in [5.41, 5.74) is -0.809. The van der Waals surface area contributed by atoms with E-state index in [-0.39, 0.29) is 22.3 Å². The van der Waals surface area contributed by atoms with Crippen molar-refractivity contribution in [1.82, 2.24) is 4.98 Å². The van der Waals surface area contributed by atoms with Gasteiger partial charge in [-0.1, -0.05) is 11.6 Å². The lowest BCUT2D eigenvalue weighted by Gasteiger charge is -2.06. The van der Waals surface area contributed by atoms with Gasteiger partial charge in [0.2, 0.25) is 11.6 Å². The first-order valence-electron chi connectivity index (χ1n) is 5.19. The van der Waals surface area contributed by atoms with Crippen LogP contribution in [0.1, 0.15) is 5.69 Å². The van der Waals surface area contributed by atoms with Crippen LogP contribution in [-0.2, 0) is 0 Å². The van der Waals surface area contributed by atoms with Gasteiger partial charge in [-0.15, -0.1) is 0 Å². The first-order valence-corrected chi connectivity index (χ1v) is 5.57. The molecule has 0 aliphatic carbocycles. The number of halogens is 2. The number of nitro groups is 1. The number of benzene rings is 1. The highest BCUT2D eigenvalue weighted by Crippen LogP contribution is 2.30. The summed E-state index contributed by atoms with van der Waals surface area (Å²) in [6.45, 7) is 0. The number of nitriles is 1. The van der Waals surface area contributed by atoms with Crippen molar-refractivity contribution < 1.29 is 14.1 Å². The molecule has 0 aliphatic rings. The van der Waals surface area contributed by atoms with Gasteiger partial charge in [0.25, 0.3) is 0 Å². The fraction of sp³-hybridized carbons (Fsp3) is 0. The Bertz CT molecular complexity index is 730. The molecule has 1 aromatic carbocycles. The van der Waals surface area contributed by atoms with Crippen molar-refractivity contribution in [3.8, 4) is 17.7 Å². The lowest BCUT2D eigenvalue weighted by molar-refractivity contribution is -0.385. The summed E-state index contributed by atoms with van der Waals surface area (Å²) < 4.78 is 18.1. The van der Waals surface area contributed by atoms with Gasteiger partial charge in [0.1, 0.15) is 17.6 Å². The third-order valence-corrected chi connectivity index (χ3v) is 2.55. The van der Waals surface area contributed by atoms with E-state index in [1.54, 1.807) is 6.07 Å². The van der Waals surface area contributed by atoms with Crippen molar-refractivity contribution >= 4 is 17.3 Å². The molecule has 0 amide bonds. The minimum atomic E-state index is -0.722. The van der Waals surface area contributed by atoms with Gasteiger partial charge >= 0.3 is 5.69 Å². The highest BCUT2D eigenvalue weighted by Gasteiger charge is 2.16. The predicted octanol–water partition coefficient (Wildman–Crippen LogP) is 3.45. The van der Waals surface area contributed by atoms with E-state index >= 15 is 0 Å². The van der Waals surface area contributed by atoms with E-state index in [1.807, 2.05) is 0 Å². The number of pyridine rings is 1. The lowest BCUT2D eigenvalue weighted by Crippen LogP contribution is -1.97. The van der Waals surface area contributed by atoms with Crippen molar-refractivity contribution in [2.24, 2.45) is 0 Å². The molecule has 0 saturated carbocycles. The molecule has 100 valence electrons. The van der Waals surface area contributed by atoms with Gasteiger partial charge in [-0.2, -0.15) is 10.2 Å². The van der Waals surface area contributed by atoms with Crippen LogP contribution in [0, 0.1) is 27.3 Å². The summed E-state index contributed by atoms with van der Waals surface area (Å²) in [6, 6.07) is 7.39. The molecule has 2 aromatic rings. The molecule has 0 radical (unpaired) electrons. The molecule has 0 unspecified atom stereocenters. The fourth-order valence-corrected chi connectivity index (χ4v) is 1.60. The maximum Gasteiger partial charge on any atom is 0.305 e. The number of aromatic nitrogens is 1. The van der Waals surface area contributed by atoms with Crippen LogP contribution < -0.4 is 4.74 Å². The lowest BCUT2D eigenvalue weighted by atomic mass is 10.3. The van der Waals surface area contributed by atoms with E-state index in [0.717, 1.165) is 18.2 Å². The van der Waals surface area contributed by atoms with E-state index < -0.39 is 16.4 Å². The Balaban J connectivity index is 2.35. The zero-order chi connectivity index (χ0) is 14.7. The molecular formula is C12H5ClFN3O3. The molecule has 6 nitrogen and oxygen atoms in total. The van der Waals surface area contributed by atoms with Crippen LogP contribution in [-0.4, -0.2) is 9.91 Å². The van der Waals surface area contributed by atoms with Gasteiger partial charge in [0.15, 0.2) is 0 Å². The van der Waals surface area contributed by atoms with Crippen molar-refractivity contribution in [2.45, 2.75) is 0 Å². The summed E-state index contributed by atoms with van der Waals surface area (Å²) in [7, 11) is 0. The van der Waals surface area contributed by atoms with Crippen molar-refractivity contribution in [2.75, 3.05) is 0 Å². The minimum Gasteiger partial charge on any atom is -0.437 e. The molecule has 2 rings (SSSR count). The van der Waals surface area contributed by atoms with Gasteiger partial charge in [-0.3, -0.25) is 10.1 Å². The van der Waals surface area contributed by atoms with E-state index in [2.05, 4.69) is 4.98 Å². The standard InChI is InChI=1S/C12H5ClFN3O3/c13-8-5-7(14)1-3-11(8)20-12-4-2-10(17(18)19)9(6-15)16-12/h1-5H. The Hall–Kier alpha value is -2.72. The van der Waals surface area contributed by atoms with E-state index in [4.69, 9.17) is 21.6 Å². The topological polar surface area (TPSA) is 89.0 Å². The first-order chi connectivity index (χ1) is 9.51. The van der Waals surface area contributed by atoms with Gasteiger partial charge in [0.05, 0.1) is 9.95 Å². The zero-order valence-corrected chi connectivity index (χ0v) is 10.5. The quantitative estimate of drug-likeness (QED) is 0.638. The van der Waals surface area contributed by atoms with Gasteiger partial charge in [-0.05, 0) is 18.2 Å². The molecular weight excluding hydrogens is 289 g/mol. The average molecular weight is 294 g/mol. The summed E-state index contributed by atoms with van der Waals surface area (Å²) in [4.78, 5) is 13.6. The molecule has 1 heterocycles. The van der Waals surface area contributed by atoms with Crippen LogP contribution in [0.15, 0.2) is 30.3 Å². The minimum absolute atomic E-state index is 0.0173. The van der Waals surface area contributed by atoms with Gasteiger partial charge < -0.3 is 4.74 Å². The Morgan fingerprint density at radius 2 is 2.15 bits per heavy atom. The summed E-state index contributed by atoms with van der Waals surface area (Å²) in [6.07, 6.45) is 0. The molecule has 1 aromatic heterocycles. The molecule has 0 atom stereocenters. The molecule has 20 heavy (non-hydrogen) atoms. The molecule has 0 fully saturated rings. The first kappa shape index (κ1) is 13.7. The number of nitrogens with zero attached hydrogens (tertiary/aromatic N) is 3. The van der Waals surface area contributed by atoms with Crippen LogP contribution in [0.2, 0.25) is 5.02 Å². The van der Waals surface area contributed by atoms with Crippen LogP contribution in [0.25, 0.3) is 0 Å². The van der Waals surface area contributed by atoms with Gasteiger partial charge in [-0.25, -0.2) is 4.39 Å². The molecule has 0 saturated heterocycles. The predicted molar refractivity (Wildman–Crippen MR) is 67.1 cm³/mol. The number of hydrogen-bond donors (Lipinski definition) is 0. The van der Waals surface area contributed by atoms with E-state index in [0.29, 0.717) is 0 Å². The fourth-order valence-electron chi connectivity index (χ4n) is 1.39. The van der Waals surface area contributed by atoms with Gasteiger partial charge in [0, 0.05) is 12.1 Å². The molecule has 0 bridgehead atoms. The van der Waals surface area contributed by atoms with Crippen LogP contribution >= 0.6 is 11.6 Å². The largest absolute Gasteiger partial charge is 0.437 e. The van der Waals surface area contributed by atoms with E-state index in [9.17, 15) is 14.5 Å². The van der Waals surface area contributed by atoms with Crippen molar-refractivity contribution in [1.29, 1.82) is 5.26 Å². The number of hydrogen-bond acceptors (Lipinski definition) is 5. The Morgan fingerprint density at radius 1 is 1.40 bits per heavy atom. The number of ether oxygens (including phenoxy) is 1. The van der Waals surface area contributed by atoms with Crippen LogP contribution in [0.3, 0.4) is 0 Å². The van der Waals surface area contributed by atoms with Crippen LogP contribution in [0.5, 0.6) is 11.6 Å². The maximum absolute atomic E-state index is 12.9. The van der Waals surface area contributed by atoms with Crippen LogP contribution in [0.4, 0.5) is 10.1 Å².